The van der Waals surface area contributed by atoms with E-state index in [1.165, 1.54) is 0 Å². The molecule has 2 rings (SSSR count). The maximum Gasteiger partial charge on any atom is 0.363 e. The number of nitrogens with zero attached hydrogens (tertiary/aromatic N) is 3. The number of H-pyrrole nitrogens is 1. The van der Waals surface area contributed by atoms with Gasteiger partial charge in [0, 0.05) is 20.1 Å². The fourth-order valence-corrected chi connectivity index (χ4v) is 1.43. The maximum absolute atomic E-state index is 10.9. The van der Waals surface area contributed by atoms with Crippen LogP contribution in [0.1, 0.15) is 0 Å². The SMILES string of the molecule is Cn1[nH]c(=O)nc1N1CCOCC1. The van der Waals surface area contributed by atoms with E-state index in [9.17, 15) is 4.79 Å². The van der Waals surface area contributed by atoms with Crippen molar-refractivity contribution in [3.05, 3.63) is 10.5 Å². The summed E-state index contributed by atoms with van der Waals surface area (Å²) < 4.78 is 6.83. The number of aryl methyl sites for hydroxylation is 1. The molecule has 1 aliphatic rings. The number of hydrogen-bond donors (Lipinski definition) is 1. The van der Waals surface area contributed by atoms with Crippen LogP contribution in [-0.4, -0.2) is 41.1 Å². The second-order valence-electron chi connectivity index (χ2n) is 2.99. The summed E-state index contributed by atoms with van der Waals surface area (Å²) in [5.41, 5.74) is -0.302. The number of hydrogen-bond acceptors (Lipinski definition) is 4. The molecule has 0 radical (unpaired) electrons. The predicted octanol–water partition coefficient (Wildman–Crippen LogP) is -1.05. The quantitative estimate of drug-likeness (QED) is 0.604. The topological polar surface area (TPSA) is 63.2 Å². The fourth-order valence-electron chi connectivity index (χ4n) is 1.43. The molecule has 2 heterocycles. The van der Waals surface area contributed by atoms with E-state index in [1.807, 2.05) is 4.90 Å². The number of aromatic amines is 1. The van der Waals surface area contributed by atoms with Gasteiger partial charge in [-0.2, -0.15) is 4.98 Å². The average molecular weight is 184 g/mol. The first-order valence-electron chi connectivity index (χ1n) is 4.23. The van der Waals surface area contributed by atoms with Gasteiger partial charge in [0.2, 0.25) is 5.95 Å². The number of nitrogens with one attached hydrogen (secondary N) is 1. The van der Waals surface area contributed by atoms with Gasteiger partial charge in [0.25, 0.3) is 0 Å². The minimum Gasteiger partial charge on any atom is -0.378 e. The van der Waals surface area contributed by atoms with E-state index in [2.05, 4.69) is 10.1 Å². The number of morpholine rings is 1. The Morgan fingerprint density at radius 3 is 2.69 bits per heavy atom. The maximum atomic E-state index is 10.9. The van der Waals surface area contributed by atoms with E-state index < -0.39 is 0 Å². The largest absolute Gasteiger partial charge is 0.378 e. The molecular formula is C7H12N4O2. The third kappa shape index (κ3) is 1.57. The molecule has 1 saturated heterocycles. The highest BCUT2D eigenvalue weighted by Crippen LogP contribution is 2.07. The average Bonchev–Trinajstić information content (AvgIpc) is 2.47. The molecule has 1 aromatic heterocycles. The van der Waals surface area contributed by atoms with Crippen molar-refractivity contribution in [1.82, 2.24) is 14.8 Å². The zero-order chi connectivity index (χ0) is 9.26. The molecule has 6 nitrogen and oxygen atoms in total. The van der Waals surface area contributed by atoms with Gasteiger partial charge in [-0.05, 0) is 0 Å². The van der Waals surface area contributed by atoms with Crippen LogP contribution < -0.4 is 10.6 Å². The van der Waals surface area contributed by atoms with Crippen molar-refractivity contribution in [2.24, 2.45) is 7.05 Å². The smallest absolute Gasteiger partial charge is 0.363 e. The molecule has 1 N–H and O–H groups in total. The van der Waals surface area contributed by atoms with Crippen LogP contribution in [-0.2, 0) is 11.8 Å². The third-order valence-corrected chi connectivity index (χ3v) is 2.06. The van der Waals surface area contributed by atoms with Gasteiger partial charge in [0.05, 0.1) is 13.2 Å². The van der Waals surface area contributed by atoms with Crippen LogP contribution in [0.25, 0.3) is 0 Å². The van der Waals surface area contributed by atoms with Gasteiger partial charge in [0.1, 0.15) is 0 Å². The summed E-state index contributed by atoms with van der Waals surface area (Å²) in [5.74, 6) is 0.688. The standard InChI is InChI=1S/C7H12N4O2/c1-10-7(8-6(12)9-10)11-2-4-13-5-3-11/h2-5H2,1H3,(H,9,12). The third-order valence-electron chi connectivity index (χ3n) is 2.06. The molecule has 0 amide bonds. The summed E-state index contributed by atoms with van der Waals surface area (Å²) in [6.07, 6.45) is 0. The van der Waals surface area contributed by atoms with Crippen LogP contribution >= 0.6 is 0 Å². The van der Waals surface area contributed by atoms with Crippen molar-refractivity contribution in [3.8, 4) is 0 Å². The number of aromatic nitrogens is 3. The molecule has 6 heteroatoms. The van der Waals surface area contributed by atoms with E-state index in [0.29, 0.717) is 19.2 Å². The van der Waals surface area contributed by atoms with Crippen molar-refractivity contribution in [3.63, 3.8) is 0 Å². The Kier molecular flexibility index (Phi) is 2.05. The summed E-state index contributed by atoms with van der Waals surface area (Å²) >= 11 is 0. The normalized spacial score (nSPS) is 17.8. The van der Waals surface area contributed by atoms with Crippen molar-refractivity contribution in [2.45, 2.75) is 0 Å². The summed E-state index contributed by atoms with van der Waals surface area (Å²) in [6.45, 7) is 2.97. The molecule has 1 fully saturated rings. The fraction of sp³-hybridized carbons (Fsp3) is 0.714. The Hall–Kier alpha value is -1.30. The Morgan fingerprint density at radius 2 is 2.15 bits per heavy atom. The molecule has 0 spiro atoms. The minimum atomic E-state index is -0.302. The van der Waals surface area contributed by atoms with Gasteiger partial charge < -0.3 is 9.64 Å². The van der Waals surface area contributed by atoms with Crippen LogP contribution in [0.4, 0.5) is 5.95 Å². The van der Waals surface area contributed by atoms with Gasteiger partial charge in [-0.3, -0.25) is 4.68 Å². The molecule has 0 atom stereocenters. The number of anilines is 1. The van der Waals surface area contributed by atoms with Gasteiger partial charge in [-0.25, -0.2) is 9.89 Å². The van der Waals surface area contributed by atoms with Crippen molar-refractivity contribution in [1.29, 1.82) is 0 Å². The van der Waals surface area contributed by atoms with Crippen LogP contribution in [0.2, 0.25) is 0 Å². The van der Waals surface area contributed by atoms with Crippen LogP contribution in [0.15, 0.2) is 4.79 Å². The number of ether oxygens (including phenoxy) is 1. The second kappa shape index (κ2) is 3.21. The minimum absolute atomic E-state index is 0.302. The molecule has 0 aromatic carbocycles. The highest BCUT2D eigenvalue weighted by molar-refractivity contribution is 5.28. The van der Waals surface area contributed by atoms with Gasteiger partial charge in [-0.1, -0.05) is 0 Å². The van der Waals surface area contributed by atoms with E-state index in [-0.39, 0.29) is 5.69 Å². The molecule has 13 heavy (non-hydrogen) atoms. The van der Waals surface area contributed by atoms with Crippen molar-refractivity contribution in [2.75, 3.05) is 31.2 Å². The van der Waals surface area contributed by atoms with Gasteiger partial charge in [0.15, 0.2) is 0 Å². The Labute approximate surface area is 75.1 Å². The second-order valence-corrected chi connectivity index (χ2v) is 2.99. The number of rotatable bonds is 1. The molecule has 1 aliphatic heterocycles. The summed E-state index contributed by atoms with van der Waals surface area (Å²) in [4.78, 5) is 16.8. The van der Waals surface area contributed by atoms with Crippen LogP contribution in [0, 0.1) is 0 Å². The van der Waals surface area contributed by atoms with Crippen molar-refractivity contribution >= 4 is 5.95 Å². The van der Waals surface area contributed by atoms with E-state index in [0.717, 1.165) is 13.1 Å². The van der Waals surface area contributed by atoms with E-state index >= 15 is 0 Å². The lowest BCUT2D eigenvalue weighted by molar-refractivity contribution is 0.121. The summed E-state index contributed by atoms with van der Waals surface area (Å²) in [5, 5.41) is 2.57. The van der Waals surface area contributed by atoms with Crippen molar-refractivity contribution < 1.29 is 4.74 Å². The van der Waals surface area contributed by atoms with E-state index in [1.54, 1.807) is 11.7 Å². The predicted molar refractivity (Wildman–Crippen MR) is 46.9 cm³/mol. The van der Waals surface area contributed by atoms with Gasteiger partial charge in [-0.15, -0.1) is 0 Å². The Bertz CT molecular complexity index is 337. The lowest BCUT2D eigenvalue weighted by Crippen LogP contribution is -2.37. The zero-order valence-corrected chi connectivity index (χ0v) is 7.49. The molecule has 0 aliphatic carbocycles. The molecule has 0 bridgehead atoms. The molecular weight excluding hydrogens is 172 g/mol. The van der Waals surface area contributed by atoms with E-state index in [4.69, 9.17) is 4.74 Å². The first-order valence-corrected chi connectivity index (χ1v) is 4.23. The molecule has 1 aromatic rings. The lowest BCUT2D eigenvalue weighted by Gasteiger charge is -2.26. The molecule has 0 saturated carbocycles. The summed E-state index contributed by atoms with van der Waals surface area (Å²) in [7, 11) is 1.78. The Morgan fingerprint density at radius 1 is 1.46 bits per heavy atom. The lowest BCUT2D eigenvalue weighted by atomic mass is 10.4. The molecule has 0 unspecified atom stereocenters. The highest BCUT2D eigenvalue weighted by atomic mass is 16.5. The van der Waals surface area contributed by atoms with Gasteiger partial charge >= 0.3 is 5.69 Å². The highest BCUT2D eigenvalue weighted by Gasteiger charge is 2.15. The first-order chi connectivity index (χ1) is 6.27. The first kappa shape index (κ1) is 8.31. The van der Waals surface area contributed by atoms with Crippen LogP contribution in [0.3, 0.4) is 0 Å². The zero-order valence-electron chi connectivity index (χ0n) is 7.49. The summed E-state index contributed by atoms with van der Waals surface area (Å²) in [6, 6.07) is 0. The monoisotopic (exact) mass is 184 g/mol. The Balaban J connectivity index is 2.23. The molecule has 72 valence electrons. The van der Waals surface area contributed by atoms with Crippen LogP contribution in [0.5, 0.6) is 0 Å².